The monoisotopic (exact) mass is 389 g/mol. The maximum atomic E-state index is 12.2. The maximum absolute atomic E-state index is 12.2. The number of ether oxygens (including phenoxy) is 1. The number of thiophene rings is 1. The fourth-order valence-corrected chi connectivity index (χ4v) is 3.84. The van der Waals surface area contributed by atoms with Crippen molar-refractivity contribution in [1.82, 2.24) is 25.5 Å². The van der Waals surface area contributed by atoms with E-state index < -0.39 is 0 Å². The molecule has 0 spiro atoms. The van der Waals surface area contributed by atoms with Crippen LogP contribution in [-0.4, -0.2) is 39.0 Å². The summed E-state index contributed by atoms with van der Waals surface area (Å²) in [6, 6.07) is 9.73. The van der Waals surface area contributed by atoms with Gasteiger partial charge in [-0.3, -0.25) is 4.79 Å². The number of rotatable bonds is 7. The quantitative estimate of drug-likeness (QED) is 0.626. The van der Waals surface area contributed by atoms with Gasteiger partial charge in [0, 0.05) is 4.88 Å². The predicted octanol–water partition coefficient (Wildman–Crippen LogP) is 3.01. The largest absolute Gasteiger partial charge is 0.494 e. The molecule has 0 aliphatic carbocycles. The Morgan fingerprint density at radius 1 is 1.42 bits per heavy atom. The number of carbonyl (C=O) groups excluding carboxylic acids is 1. The number of hydrogen-bond donors (Lipinski definition) is 1. The fraction of sp³-hybridized carbons (Fsp3) is 0.294. The number of thioether (sulfide) groups is 1. The standard InChI is InChI=1S/C17H19N5O2S2/c1-11-6-7-14(24-3)13(9-11)22-17(19-20-21-22)26-10-16(23)18-12(2)15-5-4-8-25-15/h4-9,12H,10H2,1-3H3,(H,18,23)/t12-/m1/s1. The Morgan fingerprint density at radius 2 is 2.27 bits per heavy atom. The Labute approximate surface area is 159 Å². The van der Waals surface area contributed by atoms with Gasteiger partial charge in [0.2, 0.25) is 11.1 Å². The minimum absolute atomic E-state index is 0.0176. The Hall–Kier alpha value is -2.39. The van der Waals surface area contributed by atoms with Gasteiger partial charge in [-0.05, 0) is 53.4 Å². The summed E-state index contributed by atoms with van der Waals surface area (Å²) in [5.74, 6) is 0.826. The van der Waals surface area contributed by atoms with Crippen LogP contribution < -0.4 is 10.1 Å². The van der Waals surface area contributed by atoms with E-state index in [2.05, 4.69) is 20.8 Å². The number of aromatic nitrogens is 4. The van der Waals surface area contributed by atoms with Gasteiger partial charge >= 0.3 is 0 Å². The molecule has 1 aromatic carbocycles. The minimum Gasteiger partial charge on any atom is -0.494 e. The molecule has 9 heteroatoms. The lowest BCUT2D eigenvalue weighted by Gasteiger charge is -2.12. The molecule has 7 nitrogen and oxygen atoms in total. The summed E-state index contributed by atoms with van der Waals surface area (Å²) in [6.07, 6.45) is 0. The molecule has 136 valence electrons. The lowest BCUT2D eigenvalue weighted by Crippen LogP contribution is -2.27. The zero-order valence-electron chi connectivity index (χ0n) is 14.7. The molecule has 0 radical (unpaired) electrons. The van der Waals surface area contributed by atoms with E-state index >= 15 is 0 Å². The number of benzene rings is 1. The van der Waals surface area contributed by atoms with Crippen molar-refractivity contribution in [2.45, 2.75) is 25.0 Å². The van der Waals surface area contributed by atoms with Crippen LogP contribution in [0.2, 0.25) is 0 Å². The van der Waals surface area contributed by atoms with Crippen LogP contribution in [-0.2, 0) is 4.79 Å². The van der Waals surface area contributed by atoms with E-state index in [1.165, 1.54) is 11.8 Å². The first-order valence-corrected chi connectivity index (χ1v) is 9.84. The first kappa shape index (κ1) is 18.4. The second-order valence-corrected chi connectivity index (χ2v) is 7.56. The van der Waals surface area contributed by atoms with Gasteiger partial charge in [-0.25, -0.2) is 0 Å². The van der Waals surface area contributed by atoms with Crippen LogP contribution >= 0.6 is 23.1 Å². The van der Waals surface area contributed by atoms with Crippen molar-refractivity contribution in [1.29, 1.82) is 0 Å². The number of nitrogens with one attached hydrogen (secondary N) is 1. The molecule has 1 amide bonds. The molecule has 26 heavy (non-hydrogen) atoms. The van der Waals surface area contributed by atoms with Gasteiger partial charge in [-0.1, -0.05) is 23.9 Å². The normalized spacial score (nSPS) is 12.0. The van der Waals surface area contributed by atoms with Crippen LogP contribution in [0.3, 0.4) is 0 Å². The molecule has 0 unspecified atom stereocenters. The van der Waals surface area contributed by atoms with Crippen molar-refractivity contribution >= 4 is 29.0 Å². The molecule has 2 aromatic heterocycles. The number of amides is 1. The number of aryl methyl sites for hydroxylation is 1. The summed E-state index contributed by atoms with van der Waals surface area (Å²) in [7, 11) is 1.60. The molecule has 0 aliphatic rings. The summed E-state index contributed by atoms with van der Waals surface area (Å²) >= 11 is 2.91. The van der Waals surface area contributed by atoms with E-state index in [-0.39, 0.29) is 17.7 Å². The van der Waals surface area contributed by atoms with Crippen molar-refractivity contribution in [2.75, 3.05) is 12.9 Å². The Bertz CT molecular complexity index is 879. The molecule has 1 atom stereocenters. The number of carbonyl (C=O) groups is 1. The number of methoxy groups -OCH3 is 1. The van der Waals surface area contributed by atoms with E-state index in [0.717, 1.165) is 16.1 Å². The third kappa shape index (κ3) is 4.23. The van der Waals surface area contributed by atoms with E-state index in [0.29, 0.717) is 10.9 Å². The second-order valence-electron chi connectivity index (χ2n) is 5.64. The third-order valence-electron chi connectivity index (χ3n) is 3.68. The zero-order valence-corrected chi connectivity index (χ0v) is 16.3. The van der Waals surface area contributed by atoms with E-state index in [9.17, 15) is 4.79 Å². The maximum Gasteiger partial charge on any atom is 0.230 e. The van der Waals surface area contributed by atoms with Crippen molar-refractivity contribution in [3.8, 4) is 11.4 Å². The van der Waals surface area contributed by atoms with Gasteiger partial charge < -0.3 is 10.1 Å². The van der Waals surface area contributed by atoms with Gasteiger partial charge in [0.15, 0.2) is 0 Å². The van der Waals surface area contributed by atoms with Gasteiger partial charge in [-0.2, -0.15) is 4.68 Å². The van der Waals surface area contributed by atoms with Crippen molar-refractivity contribution in [3.05, 3.63) is 46.2 Å². The summed E-state index contributed by atoms with van der Waals surface area (Å²) in [5, 5.41) is 17.3. The average Bonchev–Trinajstić information content (AvgIpc) is 3.31. The van der Waals surface area contributed by atoms with E-state index in [1.807, 2.05) is 49.6 Å². The molecular weight excluding hydrogens is 370 g/mol. The molecule has 0 bridgehead atoms. The smallest absolute Gasteiger partial charge is 0.230 e. The summed E-state index contributed by atoms with van der Waals surface area (Å²) in [5.41, 5.74) is 1.81. The first-order chi connectivity index (χ1) is 12.6. The molecule has 3 aromatic rings. The topological polar surface area (TPSA) is 81.9 Å². The predicted molar refractivity (Wildman–Crippen MR) is 102 cm³/mol. The Kier molecular flexibility index (Phi) is 5.89. The lowest BCUT2D eigenvalue weighted by atomic mass is 10.2. The van der Waals surface area contributed by atoms with Crippen molar-refractivity contribution in [2.24, 2.45) is 0 Å². The van der Waals surface area contributed by atoms with Crippen LogP contribution in [0, 0.1) is 6.92 Å². The van der Waals surface area contributed by atoms with Gasteiger partial charge in [0.05, 0.1) is 18.9 Å². The highest BCUT2D eigenvalue weighted by Gasteiger charge is 2.16. The SMILES string of the molecule is COc1ccc(C)cc1-n1nnnc1SCC(=O)N[C@H](C)c1cccs1. The average molecular weight is 390 g/mol. The second kappa shape index (κ2) is 8.33. The zero-order chi connectivity index (χ0) is 18.5. The molecule has 0 saturated heterocycles. The minimum atomic E-state index is -0.0679. The van der Waals surface area contributed by atoms with Gasteiger partial charge in [0.1, 0.15) is 11.4 Å². The van der Waals surface area contributed by atoms with Crippen molar-refractivity contribution < 1.29 is 9.53 Å². The highest BCUT2D eigenvalue weighted by molar-refractivity contribution is 7.99. The van der Waals surface area contributed by atoms with Crippen molar-refractivity contribution in [3.63, 3.8) is 0 Å². The number of hydrogen-bond acceptors (Lipinski definition) is 7. The van der Waals surface area contributed by atoms with Crippen LogP contribution in [0.5, 0.6) is 5.75 Å². The van der Waals surface area contributed by atoms with E-state index in [1.54, 1.807) is 23.1 Å². The van der Waals surface area contributed by atoms with E-state index in [4.69, 9.17) is 4.74 Å². The number of tetrazole rings is 1. The molecule has 0 saturated carbocycles. The molecule has 2 heterocycles. The Balaban J connectivity index is 1.68. The summed E-state index contributed by atoms with van der Waals surface area (Å²) in [6.45, 7) is 3.95. The fourth-order valence-electron chi connectivity index (χ4n) is 2.41. The molecule has 1 N–H and O–H groups in total. The summed E-state index contributed by atoms with van der Waals surface area (Å²) < 4.78 is 6.98. The highest BCUT2D eigenvalue weighted by atomic mass is 32.2. The Morgan fingerprint density at radius 3 is 3.00 bits per heavy atom. The summed E-state index contributed by atoms with van der Waals surface area (Å²) in [4.78, 5) is 13.4. The molecule has 3 rings (SSSR count). The van der Waals surface area contributed by atoms with Crippen LogP contribution in [0.15, 0.2) is 40.9 Å². The first-order valence-electron chi connectivity index (χ1n) is 7.97. The van der Waals surface area contributed by atoms with Gasteiger partial charge in [0.25, 0.3) is 0 Å². The molecule has 0 fully saturated rings. The highest BCUT2D eigenvalue weighted by Crippen LogP contribution is 2.27. The number of nitrogens with zero attached hydrogens (tertiary/aromatic N) is 4. The lowest BCUT2D eigenvalue weighted by molar-refractivity contribution is -0.119. The van der Waals surface area contributed by atoms with Crippen LogP contribution in [0.1, 0.15) is 23.4 Å². The third-order valence-corrected chi connectivity index (χ3v) is 5.66. The van der Waals surface area contributed by atoms with Crippen LogP contribution in [0.25, 0.3) is 5.69 Å². The molecule has 0 aliphatic heterocycles. The molecular formula is C17H19N5O2S2. The van der Waals surface area contributed by atoms with Gasteiger partial charge in [-0.15, -0.1) is 16.4 Å². The van der Waals surface area contributed by atoms with Crippen LogP contribution in [0.4, 0.5) is 0 Å².